The fraction of sp³-hybridized carbons (Fsp3) is 0.959. The van der Waals surface area contributed by atoms with E-state index in [0.717, 1.165) is 123 Å². The second kappa shape index (κ2) is 70.1. The number of nitrogens with zero attached hydrogens (tertiary/aromatic N) is 2. The van der Waals surface area contributed by atoms with E-state index in [4.69, 9.17) is 14.2 Å². The fourth-order valence-electron chi connectivity index (χ4n) is 11.6. The summed E-state index contributed by atoms with van der Waals surface area (Å²) in [7, 11) is 0. The third-order valence-electron chi connectivity index (χ3n) is 17.2. The lowest BCUT2D eigenvalue weighted by atomic mass is 10.1. The van der Waals surface area contributed by atoms with Crippen LogP contribution < -0.4 is 0 Å². The second-order valence-corrected chi connectivity index (χ2v) is 25.3. The summed E-state index contributed by atoms with van der Waals surface area (Å²) in [6.45, 7) is 15.5. The molecule has 0 aromatic heterocycles. The summed E-state index contributed by atoms with van der Waals surface area (Å²) >= 11 is 0. The Morgan fingerprint density at radius 2 is 0.415 bits per heavy atom. The Kier molecular flexibility index (Phi) is 68.6. The van der Waals surface area contributed by atoms with Crippen LogP contribution in [0.1, 0.15) is 387 Å². The molecule has 82 heavy (non-hydrogen) atoms. The lowest BCUT2D eigenvalue weighted by Crippen LogP contribution is -2.32. The van der Waals surface area contributed by atoms with Crippen molar-refractivity contribution in [1.82, 2.24) is 9.80 Å². The molecule has 0 saturated heterocycles. The molecule has 0 unspecified atom stereocenters. The summed E-state index contributed by atoms with van der Waals surface area (Å²) in [5.74, 6) is -0.0488. The summed E-state index contributed by atoms with van der Waals surface area (Å²) in [5, 5.41) is 9.55. The van der Waals surface area contributed by atoms with E-state index in [1.54, 1.807) is 0 Å². The van der Waals surface area contributed by atoms with E-state index in [1.165, 1.54) is 263 Å². The predicted molar refractivity (Wildman–Crippen MR) is 353 cm³/mol. The van der Waals surface area contributed by atoms with E-state index < -0.39 is 0 Å². The molecule has 0 spiro atoms. The zero-order chi connectivity index (χ0) is 59.4. The van der Waals surface area contributed by atoms with Crippen LogP contribution in [-0.4, -0.2) is 98.5 Å². The first-order valence-corrected chi connectivity index (χ1v) is 37.0. The van der Waals surface area contributed by atoms with Gasteiger partial charge in [0.25, 0.3) is 0 Å². The van der Waals surface area contributed by atoms with E-state index in [0.29, 0.717) is 39.1 Å². The van der Waals surface area contributed by atoms with Crippen molar-refractivity contribution in [2.24, 2.45) is 0 Å². The van der Waals surface area contributed by atoms with Crippen LogP contribution in [0, 0.1) is 0 Å². The van der Waals surface area contributed by atoms with Crippen molar-refractivity contribution in [1.29, 1.82) is 0 Å². The molecule has 0 radical (unpaired) electrons. The molecule has 9 nitrogen and oxygen atoms in total. The number of rotatable bonds is 71. The van der Waals surface area contributed by atoms with E-state index in [-0.39, 0.29) is 24.5 Å². The van der Waals surface area contributed by atoms with Crippen LogP contribution in [0.4, 0.5) is 0 Å². The Hall–Kier alpha value is -1.71. The maximum Gasteiger partial charge on any atom is 0.305 e. The molecule has 0 aliphatic rings. The van der Waals surface area contributed by atoms with Crippen molar-refractivity contribution in [2.45, 2.75) is 387 Å². The van der Waals surface area contributed by atoms with Crippen LogP contribution in [-0.2, 0) is 28.6 Å². The van der Waals surface area contributed by atoms with E-state index in [9.17, 15) is 19.5 Å². The van der Waals surface area contributed by atoms with Crippen LogP contribution >= 0.6 is 0 Å². The van der Waals surface area contributed by atoms with Crippen LogP contribution in [0.2, 0.25) is 0 Å². The van der Waals surface area contributed by atoms with Crippen LogP contribution in [0.15, 0.2) is 0 Å². The van der Waals surface area contributed by atoms with Gasteiger partial charge in [-0.2, -0.15) is 0 Å². The quantitative estimate of drug-likeness (QED) is 0.0362. The molecule has 0 aromatic carbocycles. The van der Waals surface area contributed by atoms with Crippen molar-refractivity contribution < 1.29 is 33.7 Å². The van der Waals surface area contributed by atoms with Crippen LogP contribution in [0.5, 0.6) is 0 Å². The summed E-state index contributed by atoms with van der Waals surface area (Å²) in [6.07, 6.45) is 68.8. The standard InChI is InChI=1S/C73H144N2O7/c1-4-7-10-13-16-19-22-25-28-31-43-54-68-80-71(77)58-46-37-34-40-49-61-74(62-50-41-35-38-47-59-72(78)81-69-55-44-32-29-26-23-20-17-14-11-8-5-2)65-57-66-75(64-52-53-67-76)63-51-42-36-39-48-60-73(79)82-70-56-45-33-30-27-24-21-18-15-12-9-6-3/h76H,4-70H2,1-3H3. The highest BCUT2D eigenvalue weighted by atomic mass is 16.5. The number of unbranched alkanes of at least 4 members (excludes halogenated alkanes) is 46. The van der Waals surface area contributed by atoms with Crippen LogP contribution in [0.3, 0.4) is 0 Å². The molecule has 0 atom stereocenters. The van der Waals surface area contributed by atoms with E-state index in [2.05, 4.69) is 30.6 Å². The molecule has 0 aromatic rings. The maximum absolute atomic E-state index is 12.4. The number of hydrogen-bond donors (Lipinski definition) is 1. The number of carbonyl (C=O) groups excluding carboxylic acids is 3. The average molecular weight is 1160 g/mol. The van der Waals surface area contributed by atoms with Gasteiger partial charge < -0.3 is 29.1 Å². The van der Waals surface area contributed by atoms with Crippen molar-refractivity contribution in [3.8, 4) is 0 Å². The van der Waals surface area contributed by atoms with Crippen LogP contribution in [0.25, 0.3) is 0 Å². The molecule has 0 aliphatic carbocycles. The van der Waals surface area contributed by atoms with E-state index >= 15 is 0 Å². The third-order valence-corrected chi connectivity index (χ3v) is 17.2. The number of carbonyl (C=O) groups is 3. The van der Waals surface area contributed by atoms with Gasteiger partial charge in [-0.15, -0.1) is 0 Å². The van der Waals surface area contributed by atoms with Gasteiger partial charge in [0.2, 0.25) is 0 Å². The van der Waals surface area contributed by atoms with Gasteiger partial charge in [-0.1, -0.05) is 290 Å². The molecule has 0 aliphatic heterocycles. The van der Waals surface area contributed by atoms with Gasteiger partial charge in [0.05, 0.1) is 19.8 Å². The summed E-state index contributed by atoms with van der Waals surface area (Å²) in [5.41, 5.74) is 0. The average Bonchev–Trinajstić information content (AvgIpc) is 3.47. The van der Waals surface area contributed by atoms with Crippen molar-refractivity contribution in [2.75, 3.05) is 65.7 Å². The zero-order valence-corrected chi connectivity index (χ0v) is 55.7. The first-order valence-electron chi connectivity index (χ1n) is 37.0. The minimum Gasteiger partial charge on any atom is -0.466 e. The molecular formula is C73H144N2O7. The Labute approximate surface area is 511 Å². The highest BCUT2D eigenvalue weighted by Gasteiger charge is 2.11. The van der Waals surface area contributed by atoms with Gasteiger partial charge in [-0.25, -0.2) is 0 Å². The lowest BCUT2D eigenvalue weighted by molar-refractivity contribution is -0.144. The topological polar surface area (TPSA) is 106 Å². The maximum atomic E-state index is 12.4. The molecule has 1 N–H and O–H groups in total. The molecule has 9 heteroatoms. The summed E-state index contributed by atoms with van der Waals surface area (Å²) in [6, 6.07) is 0. The van der Waals surface area contributed by atoms with Gasteiger partial charge in [-0.05, 0) is 116 Å². The lowest BCUT2D eigenvalue weighted by Gasteiger charge is -2.26. The molecule has 0 fully saturated rings. The Bertz CT molecular complexity index is 1210. The summed E-state index contributed by atoms with van der Waals surface area (Å²) in [4.78, 5) is 42.5. The highest BCUT2D eigenvalue weighted by Crippen LogP contribution is 2.17. The zero-order valence-electron chi connectivity index (χ0n) is 55.7. The molecule has 0 heterocycles. The number of hydrogen-bond acceptors (Lipinski definition) is 9. The van der Waals surface area contributed by atoms with Crippen molar-refractivity contribution >= 4 is 17.9 Å². The second-order valence-electron chi connectivity index (χ2n) is 25.3. The minimum atomic E-state index is -0.0184. The van der Waals surface area contributed by atoms with Gasteiger partial charge in [-0.3, -0.25) is 14.4 Å². The number of aliphatic hydroxyl groups is 1. The minimum absolute atomic E-state index is 0.0152. The first kappa shape index (κ1) is 80.3. The van der Waals surface area contributed by atoms with Gasteiger partial charge in [0.1, 0.15) is 0 Å². The molecule has 488 valence electrons. The SMILES string of the molecule is CCCCCCCCCCCCCCOC(=O)CCCCCCCN(CCCCO)CCCN(CCCCCCCC(=O)OCCCCCCCCCCCCCC)CCCCCCCC(=O)OCCCCCCCCCCCCCC. The Morgan fingerprint density at radius 1 is 0.232 bits per heavy atom. The number of ether oxygens (including phenoxy) is 3. The number of aliphatic hydroxyl groups excluding tert-OH is 1. The smallest absolute Gasteiger partial charge is 0.305 e. The third kappa shape index (κ3) is 65.8. The number of esters is 3. The van der Waals surface area contributed by atoms with Crippen molar-refractivity contribution in [3.63, 3.8) is 0 Å². The summed E-state index contributed by atoms with van der Waals surface area (Å²) < 4.78 is 16.7. The fourth-order valence-corrected chi connectivity index (χ4v) is 11.6. The van der Waals surface area contributed by atoms with Gasteiger partial charge in [0.15, 0.2) is 0 Å². The molecule has 0 saturated carbocycles. The molecule has 0 rings (SSSR count). The monoisotopic (exact) mass is 1160 g/mol. The molecule has 0 amide bonds. The Balaban J connectivity index is 4.56. The van der Waals surface area contributed by atoms with Gasteiger partial charge >= 0.3 is 17.9 Å². The normalized spacial score (nSPS) is 11.6. The largest absolute Gasteiger partial charge is 0.466 e. The molecule has 0 bridgehead atoms. The highest BCUT2D eigenvalue weighted by molar-refractivity contribution is 5.69. The predicted octanol–water partition coefficient (Wildman–Crippen LogP) is 21.5. The Morgan fingerprint density at radius 3 is 0.646 bits per heavy atom. The first-order chi connectivity index (χ1) is 40.5. The van der Waals surface area contributed by atoms with Crippen molar-refractivity contribution in [3.05, 3.63) is 0 Å². The van der Waals surface area contributed by atoms with E-state index in [1.807, 2.05) is 0 Å². The van der Waals surface area contributed by atoms with Gasteiger partial charge in [0, 0.05) is 25.9 Å². The molecular weight excluding hydrogens is 1020 g/mol.